The maximum Gasteiger partial charge on any atom is 0.387 e. The number of benzene rings is 2. The summed E-state index contributed by atoms with van der Waals surface area (Å²) in [6.45, 7) is 0.893. The molecule has 0 bridgehead atoms. The first-order valence-electron chi connectivity index (χ1n) is 7.06. The SMILES string of the molecule is Cc1cccc(C)c1NC(=O)/C=C/c1ccccc1OC(F)F. The number of nitrogens with one attached hydrogen (secondary N) is 1. The summed E-state index contributed by atoms with van der Waals surface area (Å²) in [5.41, 5.74) is 3.06. The topological polar surface area (TPSA) is 38.3 Å². The van der Waals surface area contributed by atoms with Crippen molar-refractivity contribution in [3.05, 3.63) is 65.2 Å². The lowest BCUT2D eigenvalue weighted by molar-refractivity contribution is -0.111. The van der Waals surface area contributed by atoms with Crippen LogP contribution < -0.4 is 10.1 Å². The van der Waals surface area contributed by atoms with E-state index in [1.54, 1.807) is 18.2 Å². The van der Waals surface area contributed by atoms with Gasteiger partial charge in [0.2, 0.25) is 5.91 Å². The number of hydrogen-bond donors (Lipinski definition) is 1. The summed E-state index contributed by atoms with van der Waals surface area (Å²) in [6, 6.07) is 12.0. The fraction of sp³-hybridized carbons (Fsp3) is 0.167. The first-order chi connectivity index (χ1) is 11.0. The first-order valence-corrected chi connectivity index (χ1v) is 7.06. The van der Waals surface area contributed by atoms with E-state index in [0.29, 0.717) is 5.56 Å². The van der Waals surface area contributed by atoms with E-state index in [1.165, 1.54) is 18.2 Å². The Morgan fingerprint density at radius 3 is 2.39 bits per heavy atom. The molecule has 0 aliphatic heterocycles. The Bertz CT molecular complexity index is 706. The molecule has 2 aromatic rings. The lowest BCUT2D eigenvalue weighted by Crippen LogP contribution is -2.10. The van der Waals surface area contributed by atoms with Gasteiger partial charge in [-0.05, 0) is 37.1 Å². The van der Waals surface area contributed by atoms with Crippen LogP contribution in [0, 0.1) is 13.8 Å². The second kappa shape index (κ2) is 7.54. The predicted octanol–water partition coefficient (Wildman–Crippen LogP) is 4.56. The second-order valence-electron chi connectivity index (χ2n) is 5.01. The molecule has 0 unspecified atom stereocenters. The Labute approximate surface area is 133 Å². The molecule has 0 atom stereocenters. The number of ether oxygens (including phenoxy) is 1. The number of halogens is 2. The van der Waals surface area contributed by atoms with Gasteiger partial charge in [0.15, 0.2) is 0 Å². The van der Waals surface area contributed by atoms with E-state index in [4.69, 9.17) is 0 Å². The molecule has 0 aliphatic carbocycles. The molecule has 0 aromatic heterocycles. The number of carbonyl (C=O) groups is 1. The zero-order valence-corrected chi connectivity index (χ0v) is 12.8. The van der Waals surface area contributed by atoms with E-state index in [0.717, 1.165) is 16.8 Å². The van der Waals surface area contributed by atoms with Crippen LogP contribution in [0.5, 0.6) is 5.75 Å². The Balaban J connectivity index is 2.13. The Morgan fingerprint density at radius 1 is 1.09 bits per heavy atom. The molecule has 2 aromatic carbocycles. The second-order valence-corrected chi connectivity index (χ2v) is 5.01. The smallest absolute Gasteiger partial charge is 0.387 e. The maximum absolute atomic E-state index is 12.4. The average molecular weight is 317 g/mol. The summed E-state index contributed by atoms with van der Waals surface area (Å²) in [5.74, 6) is -0.312. The minimum absolute atomic E-state index is 0.0265. The van der Waals surface area contributed by atoms with Crippen LogP contribution in [0.25, 0.3) is 6.08 Å². The van der Waals surface area contributed by atoms with Crippen LogP contribution in [0.15, 0.2) is 48.5 Å². The summed E-state index contributed by atoms with van der Waals surface area (Å²) in [7, 11) is 0. The quantitative estimate of drug-likeness (QED) is 0.821. The number of hydrogen-bond acceptors (Lipinski definition) is 2. The van der Waals surface area contributed by atoms with Crippen molar-refractivity contribution in [1.82, 2.24) is 0 Å². The Kier molecular flexibility index (Phi) is 5.46. The molecule has 2 rings (SSSR count). The van der Waals surface area contributed by atoms with Gasteiger partial charge in [-0.2, -0.15) is 8.78 Å². The number of para-hydroxylation sites is 2. The van der Waals surface area contributed by atoms with Crippen molar-refractivity contribution in [1.29, 1.82) is 0 Å². The summed E-state index contributed by atoms with van der Waals surface area (Å²) < 4.78 is 29.1. The van der Waals surface area contributed by atoms with Crippen molar-refractivity contribution in [2.24, 2.45) is 0 Å². The number of amides is 1. The van der Waals surface area contributed by atoms with E-state index in [1.807, 2.05) is 32.0 Å². The standard InChI is InChI=1S/C18H17F2NO2/c1-12-6-5-7-13(2)17(12)21-16(22)11-10-14-8-3-4-9-15(14)23-18(19)20/h3-11,18H,1-2H3,(H,21,22)/b11-10+. The van der Waals surface area contributed by atoms with Crippen LogP contribution in [-0.4, -0.2) is 12.5 Å². The third-order valence-corrected chi connectivity index (χ3v) is 3.28. The molecule has 0 spiro atoms. The number of rotatable bonds is 5. The van der Waals surface area contributed by atoms with Crippen molar-refractivity contribution in [3.8, 4) is 5.75 Å². The zero-order valence-electron chi connectivity index (χ0n) is 12.8. The van der Waals surface area contributed by atoms with Gasteiger partial charge in [0, 0.05) is 17.3 Å². The minimum Gasteiger partial charge on any atom is -0.434 e. The van der Waals surface area contributed by atoms with Crippen LogP contribution in [0.1, 0.15) is 16.7 Å². The van der Waals surface area contributed by atoms with E-state index in [9.17, 15) is 13.6 Å². The molecule has 0 saturated heterocycles. The molecule has 23 heavy (non-hydrogen) atoms. The van der Waals surface area contributed by atoms with Gasteiger partial charge in [-0.15, -0.1) is 0 Å². The fourth-order valence-electron chi connectivity index (χ4n) is 2.16. The van der Waals surface area contributed by atoms with E-state index < -0.39 is 6.61 Å². The van der Waals surface area contributed by atoms with Crippen molar-refractivity contribution in [2.45, 2.75) is 20.5 Å². The van der Waals surface area contributed by atoms with E-state index in [2.05, 4.69) is 10.1 Å². The third-order valence-electron chi connectivity index (χ3n) is 3.28. The molecule has 3 nitrogen and oxygen atoms in total. The molecule has 0 heterocycles. The monoisotopic (exact) mass is 317 g/mol. The number of aryl methyl sites for hydroxylation is 2. The number of carbonyl (C=O) groups excluding carboxylic acids is 1. The first kappa shape index (κ1) is 16.7. The summed E-state index contributed by atoms with van der Waals surface area (Å²) in [5, 5.41) is 2.79. The zero-order chi connectivity index (χ0) is 16.8. The van der Waals surface area contributed by atoms with Crippen molar-refractivity contribution >= 4 is 17.7 Å². The van der Waals surface area contributed by atoms with Crippen LogP contribution in [0.2, 0.25) is 0 Å². The molecule has 1 amide bonds. The Morgan fingerprint density at radius 2 is 1.74 bits per heavy atom. The number of alkyl halides is 2. The molecule has 0 saturated carbocycles. The van der Waals surface area contributed by atoms with Gasteiger partial charge in [-0.3, -0.25) is 4.79 Å². The molecule has 1 N–H and O–H groups in total. The highest BCUT2D eigenvalue weighted by Crippen LogP contribution is 2.22. The highest BCUT2D eigenvalue weighted by Gasteiger charge is 2.08. The molecule has 0 radical (unpaired) electrons. The lowest BCUT2D eigenvalue weighted by Gasteiger charge is -2.10. The van der Waals surface area contributed by atoms with Gasteiger partial charge in [0.05, 0.1) is 0 Å². The van der Waals surface area contributed by atoms with Gasteiger partial charge >= 0.3 is 6.61 Å². The van der Waals surface area contributed by atoms with Gasteiger partial charge in [0.1, 0.15) is 5.75 Å². The van der Waals surface area contributed by atoms with Gasteiger partial charge in [0.25, 0.3) is 0 Å². The molecule has 120 valence electrons. The molecular weight excluding hydrogens is 300 g/mol. The highest BCUT2D eigenvalue weighted by atomic mass is 19.3. The van der Waals surface area contributed by atoms with Crippen LogP contribution in [0.3, 0.4) is 0 Å². The van der Waals surface area contributed by atoms with Crippen LogP contribution in [0.4, 0.5) is 14.5 Å². The highest BCUT2D eigenvalue weighted by molar-refractivity contribution is 6.03. The third kappa shape index (κ3) is 4.64. The van der Waals surface area contributed by atoms with Crippen molar-refractivity contribution in [2.75, 3.05) is 5.32 Å². The summed E-state index contributed by atoms with van der Waals surface area (Å²) in [6.07, 6.45) is 2.74. The minimum atomic E-state index is -2.91. The van der Waals surface area contributed by atoms with Gasteiger partial charge in [-0.1, -0.05) is 36.4 Å². The van der Waals surface area contributed by atoms with E-state index in [-0.39, 0.29) is 11.7 Å². The molecular formula is C18H17F2NO2. The Hall–Kier alpha value is -2.69. The summed E-state index contributed by atoms with van der Waals surface area (Å²) >= 11 is 0. The predicted molar refractivity (Wildman–Crippen MR) is 86.7 cm³/mol. The lowest BCUT2D eigenvalue weighted by atomic mass is 10.1. The number of anilines is 1. The summed E-state index contributed by atoms with van der Waals surface area (Å²) in [4.78, 5) is 12.0. The van der Waals surface area contributed by atoms with Crippen LogP contribution >= 0.6 is 0 Å². The van der Waals surface area contributed by atoms with Gasteiger partial charge in [-0.25, -0.2) is 0 Å². The maximum atomic E-state index is 12.4. The van der Waals surface area contributed by atoms with Gasteiger partial charge < -0.3 is 10.1 Å². The molecule has 0 aliphatic rings. The van der Waals surface area contributed by atoms with E-state index >= 15 is 0 Å². The van der Waals surface area contributed by atoms with Crippen molar-refractivity contribution < 1.29 is 18.3 Å². The molecule has 0 fully saturated rings. The van der Waals surface area contributed by atoms with Crippen molar-refractivity contribution in [3.63, 3.8) is 0 Å². The fourth-order valence-corrected chi connectivity index (χ4v) is 2.16. The van der Waals surface area contributed by atoms with Crippen LogP contribution in [-0.2, 0) is 4.79 Å². The normalized spacial score (nSPS) is 11.0. The largest absolute Gasteiger partial charge is 0.434 e. The molecule has 5 heteroatoms. The average Bonchev–Trinajstić information content (AvgIpc) is 2.50.